The minimum Gasteiger partial charge on any atom is -0.353 e. The molecule has 4 aromatic heterocycles. The molecule has 0 atom stereocenters. The number of nitrogens with zero attached hydrogens (tertiary/aromatic N) is 5. The summed E-state index contributed by atoms with van der Waals surface area (Å²) >= 11 is 0. The number of aryl methyl sites for hydroxylation is 1. The molecule has 0 aliphatic carbocycles. The van der Waals surface area contributed by atoms with Crippen molar-refractivity contribution in [3.8, 4) is 11.3 Å². The van der Waals surface area contributed by atoms with Crippen molar-refractivity contribution in [1.29, 1.82) is 0 Å². The summed E-state index contributed by atoms with van der Waals surface area (Å²) in [5, 5.41) is 4.99. The molecule has 0 spiro atoms. The number of aromatic nitrogens is 5. The molecule has 0 unspecified atom stereocenters. The van der Waals surface area contributed by atoms with Crippen molar-refractivity contribution in [2.45, 2.75) is 65.3 Å². The molecule has 0 amide bonds. The Morgan fingerprint density at radius 2 is 1.88 bits per heavy atom. The predicted molar refractivity (Wildman–Crippen MR) is 126 cm³/mol. The van der Waals surface area contributed by atoms with Gasteiger partial charge in [-0.1, -0.05) is 13.8 Å². The summed E-state index contributed by atoms with van der Waals surface area (Å²) in [4.78, 5) is 14.9. The minimum absolute atomic E-state index is 0.151. The number of fused-ring (bicyclic) bond motifs is 2. The van der Waals surface area contributed by atoms with Crippen molar-refractivity contribution in [1.82, 2.24) is 29.5 Å². The van der Waals surface area contributed by atoms with Crippen LogP contribution in [0.3, 0.4) is 0 Å². The lowest BCUT2D eigenvalue weighted by molar-refractivity contribution is 0.169. The van der Waals surface area contributed by atoms with E-state index in [4.69, 9.17) is 0 Å². The van der Waals surface area contributed by atoms with Crippen molar-refractivity contribution in [2.24, 2.45) is 0 Å². The SMILES string of the molecule is Cc1cc(-c2[nH]c3cnc(C4CCN(C(C)C)CC4)c(F)c3c2C(C)C)cn2ncnc12. The van der Waals surface area contributed by atoms with Crippen LogP contribution in [0.2, 0.25) is 0 Å². The molecule has 168 valence electrons. The second kappa shape index (κ2) is 7.96. The van der Waals surface area contributed by atoms with Gasteiger partial charge in [-0.2, -0.15) is 5.10 Å². The molecule has 1 aliphatic heterocycles. The molecule has 5 rings (SSSR count). The lowest BCUT2D eigenvalue weighted by atomic mass is 9.90. The van der Waals surface area contributed by atoms with E-state index in [0.29, 0.717) is 17.1 Å². The van der Waals surface area contributed by atoms with Gasteiger partial charge >= 0.3 is 0 Å². The third-order valence-electron chi connectivity index (χ3n) is 6.92. The number of hydrogen-bond donors (Lipinski definition) is 1. The highest BCUT2D eigenvalue weighted by Gasteiger charge is 2.28. The van der Waals surface area contributed by atoms with E-state index < -0.39 is 0 Å². The molecule has 4 aromatic rings. The number of nitrogens with one attached hydrogen (secondary N) is 1. The van der Waals surface area contributed by atoms with Crippen LogP contribution in [0.25, 0.3) is 27.8 Å². The van der Waals surface area contributed by atoms with Gasteiger partial charge in [0.25, 0.3) is 0 Å². The molecule has 5 heterocycles. The van der Waals surface area contributed by atoms with Crippen LogP contribution in [0.5, 0.6) is 0 Å². The Bertz CT molecular complexity index is 1280. The van der Waals surface area contributed by atoms with E-state index in [1.54, 1.807) is 10.8 Å². The number of aromatic amines is 1. The maximum Gasteiger partial charge on any atom is 0.158 e. The molecule has 32 heavy (non-hydrogen) atoms. The summed E-state index contributed by atoms with van der Waals surface area (Å²) in [5.74, 6) is 0.162. The Balaban J connectivity index is 1.62. The van der Waals surface area contributed by atoms with Crippen molar-refractivity contribution < 1.29 is 4.39 Å². The molecule has 1 saturated heterocycles. The zero-order valence-electron chi connectivity index (χ0n) is 19.5. The normalized spacial score (nSPS) is 16.2. The first-order valence-corrected chi connectivity index (χ1v) is 11.6. The monoisotopic (exact) mass is 434 g/mol. The molecule has 1 aliphatic rings. The van der Waals surface area contributed by atoms with E-state index in [1.165, 1.54) is 0 Å². The molecule has 1 fully saturated rings. The maximum atomic E-state index is 16.0. The van der Waals surface area contributed by atoms with E-state index >= 15 is 4.39 Å². The Labute approximate surface area is 187 Å². The molecule has 0 radical (unpaired) electrons. The van der Waals surface area contributed by atoms with Crippen molar-refractivity contribution in [3.05, 3.63) is 47.4 Å². The first kappa shape index (κ1) is 21.1. The van der Waals surface area contributed by atoms with Gasteiger partial charge in [-0.25, -0.2) is 13.9 Å². The average molecular weight is 435 g/mol. The maximum absolute atomic E-state index is 16.0. The highest BCUT2D eigenvalue weighted by molar-refractivity contribution is 5.92. The molecule has 1 N–H and O–H groups in total. The van der Waals surface area contributed by atoms with Gasteiger partial charge in [0.2, 0.25) is 0 Å². The number of likely N-dealkylation sites (tertiary alicyclic amines) is 1. The highest BCUT2D eigenvalue weighted by atomic mass is 19.1. The smallest absolute Gasteiger partial charge is 0.158 e. The molecular weight excluding hydrogens is 403 g/mol. The van der Waals surface area contributed by atoms with E-state index in [2.05, 4.69) is 58.7 Å². The second-order valence-electron chi connectivity index (χ2n) is 9.66. The van der Waals surface area contributed by atoms with Gasteiger partial charge in [0.1, 0.15) is 6.33 Å². The van der Waals surface area contributed by atoms with E-state index in [-0.39, 0.29) is 17.7 Å². The Kier molecular flexibility index (Phi) is 5.24. The van der Waals surface area contributed by atoms with Crippen molar-refractivity contribution in [2.75, 3.05) is 13.1 Å². The van der Waals surface area contributed by atoms with Gasteiger partial charge in [0, 0.05) is 29.1 Å². The van der Waals surface area contributed by atoms with Crippen LogP contribution in [0, 0.1) is 12.7 Å². The summed E-state index contributed by atoms with van der Waals surface area (Å²) in [6.45, 7) is 12.7. The topological polar surface area (TPSA) is 62.1 Å². The molecule has 0 saturated carbocycles. The van der Waals surface area contributed by atoms with E-state index in [1.807, 2.05) is 19.3 Å². The molecular formula is C25H31FN6. The van der Waals surface area contributed by atoms with Crippen LogP contribution in [0.4, 0.5) is 4.39 Å². The summed E-state index contributed by atoms with van der Waals surface area (Å²) < 4.78 is 17.8. The zero-order valence-corrected chi connectivity index (χ0v) is 19.5. The van der Waals surface area contributed by atoms with Gasteiger partial charge in [0.05, 0.1) is 23.1 Å². The summed E-state index contributed by atoms with van der Waals surface area (Å²) in [6, 6.07) is 2.62. The molecule has 6 nitrogen and oxygen atoms in total. The fraction of sp³-hybridized carbons (Fsp3) is 0.480. The van der Waals surface area contributed by atoms with Crippen LogP contribution in [-0.4, -0.2) is 48.6 Å². The van der Waals surface area contributed by atoms with Gasteiger partial charge in [-0.05, 0) is 69.8 Å². The lowest BCUT2D eigenvalue weighted by Gasteiger charge is -2.34. The minimum atomic E-state index is -0.157. The van der Waals surface area contributed by atoms with Crippen LogP contribution in [0.15, 0.2) is 24.8 Å². The fourth-order valence-corrected chi connectivity index (χ4v) is 5.20. The Hall–Kier alpha value is -2.80. The Morgan fingerprint density at radius 1 is 1.12 bits per heavy atom. The second-order valence-corrected chi connectivity index (χ2v) is 9.66. The summed E-state index contributed by atoms with van der Waals surface area (Å²) in [7, 11) is 0. The molecule has 0 aromatic carbocycles. The van der Waals surface area contributed by atoms with E-state index in [9.17, 15) is 0 Å². The predicted octanol–water partition coefficient (Wildman–Crippen LogP) is 5.43. The van der Waals surface area contributed by atoms with Crippen molar-refractivity contribution in [3.63, 3.8) is 0 Å². The van der Waals surface area contributed by atoms with Crippen molar-refractivity contribution >= 4 is 16.6 Å². The molecule has 7 heteroatoms. The number of pyridine rings is 2. The zero-order chi connectivity index (χ0) is 22.6. The van der Waals surface area contributed by atoms with E-state index in [0.717, 1.165) is 59.5 Å². The van der Waals surface area contributed by atoms with Gasteiger partial charge in [0.15, 0.2) is 11.5 Å². The molecule has 0 bridgehead atoms. The van der Waals surface area contributed by atoms with Crippen LogP contribution >= 0.6 is 0 Å². The first-order valence-electron chi connectivity index (χ1n) is 11.6. The van der Waals surface area contributed by atoms with Crippen LogP contribution in [0.1, 0.15) is 69.2 Å². The third-order valence-corrected chi connectivity index (χ3v) is 6.92. The lowest BCUT2D eigenvalue weighted by Crippen LogP contribution is -2.38. The van der Waals surface area contributed by atoms with Crippen LogP contribution < -0.4 is 0 Å². The van der Waals surface area contributed by atoms with Gasteiger partial charge < -0.3 is 9.88 Å². The summed E-state index contributed by atoms with van der Waals surface area (Å²) in [5.41, 5.74) is 6.15. The Morgan fingerprint density at radius 3 is 2.56 bits per heavy atom. The fourth-order valence-electron chi connectivity index (χ4n) is 5.20. The highest BCUT2D eigenvalue weighted by Crippen LogP contribution is 2.40. The quantitative estimate of drug-likeness (QED) is 0.465. The standard InChI is InChI=1S/C25H31FN6/c1-14(2)20-21-19(30-23(20)18-10-16(5)25-28-13-29-32(25)12-18)11-27-24(22(21)26)17-6-8-31(9-7-17)15(3)4/h10-15,17,30H,6-9H2,1-5H3. The van der Waals surface area contributed by atoms with Crippen LogP contribution in [-0.2, 0) is 0 Å². The average Bonchev–Trinajstić information content (AvgIpc) is 3.39. The number of rotatable bonds is 4. The number of halogens is 1. The summed E-state index contributed by atoms with van der Waals surface area (Å²) in [6.07, 6.45) is 7.23. The largest absolute Gasteiger partial charge is 0.353 e. The third kappa shape index (κ3) is 3.39. The van der Waals surface area contributed by atoms with Gasteiger partial charge in [-0.3, -0.25) is 4.98 Å². The number of piperidine rings is 1. The van der Waals surface area contributed by atoms with Gasteiger partial charge in [-0.15, -0.1) is 0 Å². The number of H-pyrrole nitrogens is 1. The number of hydrogen-bond acceptors (Lipinski definition) is 4. The first-order chi connectivity index (χ1) is 15.3.